The molecule has 0 aromatic heterocycles. The Labute approximate surface area is 152 Å². The summed E-state index contributed by atoms with van der Waals surface area (Å²) in [7, 11) is 0. The number of fused-ring (bicyclic) bond motifs is 1. The van der Waals surface area contributed by atoms with E-state index in [9.17, 15) is 19.2 Å². The normalized spacial score (nSPS) is 19.7. The minimum atomic E-state index is -0.905. The molecule has 2 heterocycles. The predicted octanol–water partition coefficient (Wildman–Crippen LogP) is 2.60. The fourth-order valence-electron chi connectivity index (χ4n) is 3.71. The van der Waals surface area contributed by atoms with Crippen molar-refractivity contribution >= 4 is 23.6 Å². The van der Waals surface area contributed by atoms with E-state index < -0.39 is 23.8 Å². The maximum atomic E-state index is 12.9. The largest absolute Gasteiger partial charge is 0.295 e. The molecule has 1 fully saturated rings. The Morgan fingerprint density at radius 2 is 1.81 bits per heavy atom. The Morgan fingerprint density at radius 3 is 2.54 bits per heavy atom. The van der Waals surface area contributed by atoms with E-state index in [1.165, 1.54) is 19.3 Å². The Kier molecular flexibility index (Phi) is 5.49. The van der Waals surface area contributed by atoms with Crippen molar-refractivity contribution in [2.75, 3.05) is 0 Å². The second kappa shape index (κ2) is 7.81. The van der Waals surface area contributed by atoms with Crippen LogP contribution in [0.4, 0.5) is 0 Å². The van der Waals surface area contributed by atoms with Crippen LogP contribution in [0.25, 0.3) is 0 Å². The first-order valence-electron chi connectivity index (χ1n) is 9.38. The number of piperidine rings is 1. The molecule has 1 aromatic rings. The van der Waals surface area contributed by atoms with Crippen LogP contribution in [-0.4, -0.2) is 34.6 Å². The van der Waals surface area contributed by atoms with Crippen molar-refractivity contribution in [3.8, 4) is 0 Å². The molecule has 0 radical (unpaired) electrons. The smallest absolute Gasteiger partial charge is 0.262 e. The minimum Gasteiger partial charge on any atom is -0.295 e. The summed E-state index contributed by atoms with van der Waals surface area (Å²) >= 11 is 0. The second-order valence-electron chi connectivity index (χ2n) is 6.95. The summed E-state index contributed by atoms with van der Waals surface area (Å²) in [5.41, 5.74) is 1.66. The number of aryl methyl sites for hydroxylation is 1. The van der Waals surface area contributed by atoms with Crippen LogP contribution in [0.1, 0.15) is 78.1 Å². The molecule has 1 aromatic carbocycles. The first-order valence-corrected chi connectivity index (χ1v) is 9.38. The summed E-state index contributed by atoms with van der Waals surface area (Å²) in [4.78, 5) is 50.2. The van der Waals surface area contributed by atoms with Gasteiger partial charge in [0.25, 0.3) is 11.8 Å². The monoisotopic (exact) mass is 356 g/mol. The van der Waals surface area contributed by atoms with E-state index in [0.29, 0.717) is 11.1 Å². The molecule has 0 saturated carbocycles. The lowest BCUT2D eigenvalue weighted by Crippen LogP contribution is -2.54. The van der Waals surface area contributed by atoms with Crippen LogP contribution in [0.2, 0.25) is 0 Å². The molecule has 1 atom stereocenters. The van der Waals surface area contributed by atoms with Gasteiger partial charge < -0.3 is 0 Å². The highest BCUT2D eigenvalue weighted by Crippen LogP contribution is 2.30. The number of nitrogens with one attached hydrogen (secondary N) is 1. The molecular formula is C20H24N2O4. The number of amides is 4. The molecule has 0 spiro atoms. The number of benzene rings is 1. The molecule has 3 rings (SSSR count). The molecule has 6 heteroatoms. The third-order valence-corrected chi connectivity index (χ3v) is 5.10. The van der Waals surface area contributed by atoms with Crippen LogP contribution in [0.15, 0.2) is 18.2 Å². The van der Waals surface area contributed by atoms with Gasteiger partial charge in [-0.05, 0) is 30.9 Å². The molecule has 1 N–H and O–H groups in total. The molecule has 1 unspecified atom stereocenters. The summed E-state index contributed by atoms with van der Waals surface area (Å²) in [5.74, 6) is -1.79. The second-order valence-corrected chi connectivity index (χ2v) is 6.95. The van der Waals surface area contributed by atoms with Gasteiger partial charge in [-0.25, -0.2) is 0 Å². The number of hydrogen-bond donors (Lipinski definition) is 1. The van der Waals surface area contributed by atoms with Crippen LogP contribution >= 0.6 is 0 Å². The van der Waals surface area contributed by atoms with Crippen LogP contribution in [0.3, 0.4) is 0 Å². The van der Waals surface area contributed by atoms with E-state index in [0.717, 1.165) is 29.7 Å². The zero-order chi connectivity index (χ0) is 18.7. The van der Waals surface area contributed by atoms with Crippen molar-refractivity contribution in [2.24, 2.45) is 0 Å². The molecular weight excluding hydrogens is 332 g/mol. The van der Waals surface area contributed by atoms with Crippen LogP contribution in [0.5, 0.6) is 0 Å². The van der Waals surface area contributed by atoms with Gasteiger partial charge >= 0.3 is 0 Å². The number of imide groups is 2. The predicted molar refractivity (Wildman–Crippen MR) is 95.6 cm³/mol. The van der Waals surface area contributed by atoms with Gasteiger partial charge in [0.1, 0.15) is 6.04 Å². The summed E-state index contributed by atoms with van der Waals surface area (Å²) < 4.78 is 0. The highest BCUT2D eigenvalue weighted by Gasteiger charge is 2.45. The average Bonchev–Trinajstić information content (AvgIpc) is 2.87. The zero-order valence-corrected chi connectivity index (χ0v) is 15.0. The fraction of sp³-hybridized carbons (Fsp3) is 0.500. The number of hydrogen-bond acceptors (Lipinski definition) is 4. The topological polar surface area (TPSA) is 83.6 Å². The van der Waals surface area contributed by atoms with Gasteiger partial charge in [0.15, 0.2) is 0 Å². The summed E-state index contributed by atoms with van der Waals surface area (Å²) in [6.07, 6.45) is 6.67. The van der Waals surface area contributed by atoms with E-state index in [2.05, 4.69) is 12.2 Å². The van der Waals surface area contributed by atoms with Crippen molar-refractivity contribution in [3.05, 3.63) is 34.9 Å². The molecule has 138 valence electrons. The number of unbranched alkanes of at least 4 members (excludes halogenated alkanes) is 4. The van der Waals surface area contributed by atoms with Gasteiger partial charge in [0.05, 0.1) is 11.1 Å². The van der Waals surface area contributed by atoms with Gasteiger partial charge in [0.2, 0.25) is 11.8 Å². The third-order valence-electron chi connectivity index (χ3n) is 5.10. The van der Waals surface area contributed by atoms with Crippen molar-refractivity contribution in [2.45, 2.75) is 64.3 Å². The first kappa shape index (κ1) is 18.3. The van der Waals surface area contributed by atoms with Crippen LogP contribution < -0.4 is 5.32 Å². The summed E-state index contributed by atoms with van der Waals surface area (Å²) in [5, 5.41) is 2.22. The number of carbonyl (C=O) groups is 4. The molecule has 0 bridgehead atoms. The van der Waals surface area contributed by atoms with Crippen molar-refractivity contribution in [1.29, 1.82) is 0 Å². The number of nitrogens with zero attached hydrogens (tertiary/aromatic N) is 1. The van der Waals surface area contributed by atoms with E-state index in [4.69, 9.17) is 0 Å². The van der Waals surface area contributed by atoms with Crippen molar-refractivity contribution in [1.82, 2.24) is 10.2 Å². The molecule has 6 nitrogen and oxygen atoms in total. The Morgan fingerprint density at radius 1 is 1.04 bits per heavy atom. The zero-order valence-electron chi connectivity index (χ0n) is 15.0. The highest BCUT2D eigenvalue weighted by atomic mass is 16.2. The van der Waals surface area contributed by atoms with Gasteiger partial charge in [-0.1, -0.05) is 44.7 Å². The number of carbonyl (C=O) groups excluding carboxylic acids is 4. The Bertz CT molecular complexity index is 756. The maximum absolute atomic E-state index is 12.9. The van der Waals surface area contributed by atoms with Gasteiger partial charge in [0, 0.05) is 6.42 Å². The average molecular weight is 356 g/mol. The molecule has 4 amide bonds. The van der Waals surface area contributed by atoms with E-state index in [1.807, 2.05) is 6.07 Å². The lowest BCUT2D eigenvalue weighted by molar-refractivity contribution is -0.136. The van der Waals surface area contributed by atoms with Crippen molar-refractivity contribution in [3.63, 3.8) is 0 Å². The van der Waals surface area contributed by atoms with Gasteiger partial charge in [-0.3, -0.25) is 29.4 Å². The van der Waals surface area contributed by atoms with Crippen LogP contribution in [0, 0.1) is 0 Å². The van der Waals surface area contributed by atoms with Crippen molar-refractivity contribution < 1.29 is 19.2 Å². The molecule has 1 saturated heterocycles. The van der Waals surface area contributed by atoms with E-state index >= 15 is 0 Å². The SMILES string of the molecule is CCCCCCCc1cccc2c1C(=O)N(C1CCC(=O)NC1=O)C2=O. The van der Waals surface area contributed by atoms with Gasteiger partial charge in [-0.2, -0.15) is 0 Å². The highest BCUT2D eigenvalue weighted by molar-refractivity contribution is 6.24. The fourth-order valence-corrected chi connectivity index (χ4v) is 3.71. The molecule has 0 aliphatic carbocycles. The Hall–Kier alpha value is -2.50. The van der Waals surface area contributed by atoms with E-state index in [1.54, 1.807) is 12.1 Å². The lowest BCUT2D eigenvalue weighted by atomic mass is 9.97. The summed E-state index contributed by atoms with van der Waals surface area (Å²) in [6, 6.07) is 4.41. The molecule has 2 aliphatic rings. The molecule has 26 heavy (non-hydrogen) atoms. The number of rotatable bonds is 7. The standard InChI is InChI=1S/C20H24N2O4/c1-2-3-4-5-6-8-13-9-7-10-14-17(13)20(26)22(19(14)25)15-11-12-16(23)21-18(15)24/h7,9-10,15H,2-6,8,11-12H2,1H3,(H,21,23,24). The third kappa shape index (κ3) is 3.41. The molecule has 2 aliphatic heterocycles. The lowest BCUT2D eigenvalue weighted by Gasteiger charge is -2.27. The Balaban J connectivity index is 1.78. The van der Waals surface area contributed by atoms with E-state index in [-0.39, 0.29) is 18.7 Å². The van der Waals surface area contributed by atoms with Crippen LogP contribution in [-0.2, 0) is 16.0 Å². The quantitative estimate of drug-likeness (QED) is 0.601. The minimum absolute atomic E-state index is 0.133. The van der Waals surface area contributed by atoms with Gasteiger partial charge in [-0.15, -0.1) is 0 Å². The summed E-state index contributed by atoms with van der Waals surface area (Å²) in [6.45, 7) is 2.16. The first-order chi connectivity index (χ1) is 12.5. The maximum Gasteiger partial charge on any atom is 0.262 e.